The summed E-state index contributed by atoms with van der Waals surface area (Å²) >= 11 is 0. The second-order valence-electron chi connectivity index (χ2n) is 6.12. The standard InChI is InChI=1S/C16H26N4O/c1-20(2)16(8-3-4-9-16)12-18-11-13-6-5-7-14(10-13)15(17)19-21/h5-7,10,18,21H,3-4,8-9,11-12H2,1-2H3,(H2,17,19). The molecule has 0 bridgehead atoms. The highest BCUT2D eigenvalue weighted by Crippen LogP contribution is 2.33. The number of hydrogen-bond acceptors (Lipinski definition) is 4. The monoisotopic (exact) mass is 290 g/mol. The van der Waals surface area contributed by atoms with Crippen molar-refractivity contribution in [3.63, 3.8) is 0 Å². The van der Waals surface area contributed by atoms with Gasteiger partial charge in [0.25, 0.3) is 0 Å². The Balaban J connectivity index is 1.94. The minimum Gasteiger partial charge on any atom is -0.409 e. The number of likely N-dealkylation sites (N-methyl/N-ethyl adjacent to an activating group) is 1. The van der Waals surface area contributed by atoms with Gasteiger partial charge in [-0.2, -0.15) is 0 Å². The fourth-order valence-corrected chi connectivity index (χ4v) is 3.15. The normalized spacial score (nSPS) is 18.3. The van der Waals surface area contributed by atoms with Crippen molar-refractivity contribution in [1.82, 2.24) is 10.2 Å². The van der Waals surface area contributed by atoms with E-state index in [1.165, 1.54) is 25.7 Å². The van der Waals surface area contributed by atoms with Crippen LogP contribution in [0.2, 0.25) is 0 Å². The summed E-state index contributed by atoms with van der Waals surface area (Å²) in [7, 11) is 4.35. The van der Waals surface area contributed by atoms with Crippen LogP contribution in [0.1, 0.15) is 36.8 Å². The van der Waals surface area contributed by atoms with Gasteiger partial charge in [-0.3, -0.25) is 0 Å². The zero-order valence-electron chi connectivity index (χ0n) is 13.0. The third-order valence-corrected chi connectivity index (χ3v) is 4.60. The molecular weight excluding hydrogens is 264 g/mol. The van der Waals surface area contributed by atoms with Crippen molar-refractivity contribution in [2.45, 2.75) is 37.8 Å². The Morgan fingerprint density at radius 1 is 1.38 bits per heavy atom. The average molecular weight is 290 g/mol. The molecule has 116 valence electrons. The Hall–Kier alpha value is -1.59. The summed E-state index contributed by atoms with van der Waals surface area (Å²) in [5.41, 5.74) is 7.81. The molecule has 0 unspecified atom stereocenters. The van der Waals surface area contributed by atoms with Crippen LogP contribution in [0.4, 0.5) is 0 Å². The maximum absolute atomic E-state index is 8.74. The molecule has 1 aromatic rings. The highest BCUT2D eigenvalue weighted by atomic mass is 16.4. The second-order valence-corrected chi connectivity index (χ2v) is 6.12. The maximum atomic E-state index is 8.74. The summed E-state index contributed by atoms with van der Waals surface area (Å²) in [5, 5.41) is 15.3. The first-order chi connectivity index (χ1) is 10.1. The van der Waals surface area contributed by atoms with Gasteiger partial charge in [-0.25, -0.2) is 0 Å². The lowest BCUT2D eigenvalue weighted by molar-refractivity contribution is 0.153. The number of nitrogens with zero attached hydrogens (tertiary/aromatic N) is 2. The van der Waals surface area contributed by atoms with Crippen molar-refractivity contribution in [1.29, 1.82) is 0 Å². The van der Waals surface area contributed by atoms with E-state index in [0.717, 1.165) is 24.2 Å². The molecule has 0 radical (unpaired) electrons. The fraction of sp³-hybridized carbons (Fsp3) is 0.562. The highest BCUT2D eigenvalue weighted by molar-refractivity contribution is 5.97. The molecule has 0 aliphatic heterocycles. The molecule has 0 heterocycles. The summed E-state index contributed by atoms with van der Waals surface area (Å²) in [6.45, 7) is 1.79. The summed E-state index contributed by atoms with van der Waals surface area (Å²) in [6, 6.07) is 7.79. The van der Waals surface area contributed by atoms with Gasteiger partial charge in [-0.1, -0.05) is 36.2 Å². The molecule has 5 heteroatoms. The largest absolute Gasteiger partial charge is 0.409 e. The van der Waals surface area contributed by atoms with E-state index >= 15 is 0 Å². The van der Waals surface area contributed by atoms with Gasteiger partial charge in [0.2, 0.25) is 0 Å². The van der Waals surface area contributed by atoms with Gasteiger partial charge < -0.3 is 21.2 Å². The summed E-state index contributed by atoms with van der Waals surface area (Å²) in [5.74, 6) is 0.150. The van der Waals surface area contributed by atoms with Gasteiger partial charge in [0.15, 0.2) is 5.84 Å². The third kappa shape index (κ3) is 3.74. The van der Waals surface area contributed by atoms with E-state index in [1.54, 1.807) is 0 Å². The molecule has 5 nitrogen and oxygen atoms in total. The molecule has 1 aliphatic carbocycles. The van der Waals surface area contributed by atoms with Crippen molar-refractivity contribution in [3.05, 3.63) is 35.4 Å². The van der Waals surface area contributed by atoms with Crippen LogP contribution < -0.4 is 11.1 Å². The Morgan fingerprint density at radius 2 is 2.10 bits per heavy atom. The van der Waals surface area contributed by atoms with Crippen LogP contribution in [0.25, 0.3) is 0 Å². The minimum atomic E-state index is 0.150. The van der Waals surface area contributed by atoms with Gasteiger partial charge in [0, 0.05) is 24.2 Å². The Morgan fingerprint density at radius 3 is 2.71 bits per heavy atom. The molecule has 0 amide bonds. The first kappa shape index (κ1) is 15.8. The first-order valence-corrected chi connectivity index (χ1v) is 7.52. The molecule has 0 aromatic heterocycles. The summed E-state index contributed by atoms with van der Waals surface area (Å²) < 4.78 is 0. The number of nitrogens with one attached hydrogen (secondary N) is 1. The summed E-state index contributed by atoms with van der Waals surface area (Å²) in [6.07, 6.45) is 5.16. The molecular formula is C16H26N4O. The van der Waals surface area contributed by atoms with E-state index in [-0.39, 0.29) is 5.84 Å². The van der Waals surface area contributed by atoms with E-state index in [0.29, 0.717) is 5.54 Å². The molecule has 1 aromatic carbocycles. The van der Waals surface area contributed by atoms with Crippen LogP contribution in [0.5, 0.6) is 0 Å². The predicted molar refractivity (Wildman–Crippen MR) is 85.5 cm³/mol. The molecule has 1 aliphatic rings. The van der Waals surface area contributed by atoms with Gasteiger partial charge in [0.1, 0.15) is 0 Å². The Kier molecular flexibility index (Phi) is 5.20. The number of benzene rings is 1. The Labute approximate surface area is 126 Å². The van der Waals surface area contributed by atoms with Crippen LogP contribution in [0.3, 0.4) is 0 Å². The van der Waals surface area contributed by atoms with Crippen molar-refractivity contribution < 1.29 is 5.21 Å². The molecule has 1 fully saturated rings. The van der Waals surface area contributed by atoms with Gasteiger partial charge in [0.05, 0.1) is 0 Å². The SMILES string of the molecule is CN(C)C1(CNCc2cccc(/C(N)=N/O)c2)CCCC1. The number of oxime groups is 1. The Bertz CT molecular complexity index is 493. The number of hydrogen-bond donors (Lipinski definition) is 3. The van der Waals surface area contributed by atoms with Crippen molar-refractivity contribution in [2.75, 3.05) is 20.6 Å². The molecule has 21 heavy (non-hydrogen) atoms. The van der Waals surface area contributed by atoms with E-state index in [9.17, 15) is 0 Å². The van der Waals surface area contributed by atoms with Crippen LogP contribution in [0, 0.1) is 0 Å². The van der Waals surface area contributed by atoms with Crippen molar-refractivity contribution in [2.24, 2.45) is 10.9 Å². The zero-order chi connectivity index (χ0) is 15.3. The number of rotatable bonds is 6. The van der Waals surface area contributed by atoms with E-state index in [1.807, 2.05) is 18.2 Å². The maximum Gasteiger partial charge on any atom is 0.170 e. The smallest absolute Gasteiger partial charge is 0.170 e. The van der Waals surface area contributed by atoms with Crippen molar-refractivity contribution >= 4 is 5.84 Å². The molecule has 0 atom stereocenters. The number of nitrogens with two attached hydrogens (primary N) is 1. The quantitative estimate of drug-likeness (QED) is 0.323. The molecule has 1 saturated carbocycles. The highest BCUT2D eigenvalue weighted by Gasteiger charge is 2.35. The zero-order valence-corrected chi connectivity index (χ0v) is 13.0. The van der Waals surface area contributed by atoms with Gasteiger partial charge in [-0.15, -0.1) is 0 Å². The van der Waals surface area contributed by atoms with Crippen LogP contribution in [0.15, 0.2) is 29.4 Å². The lowest BCUT2D eigenvalue weighted by Gasteiger charge is -2.36. The number of amidine groups is 1. The third-order valence-electron chi connectivity index (χ3n) is 4.60. The van der Waals surface area contributed by atoms with E-state index < -0.39 is 0 Å². The van der Waals surface area contributed by atoms with Gasteiger partial charge >= 0.3 is 0 Å². The minimum absolute atomic E-state index is 0.150. The van der Waals surface area contributed by atoms with Gasteiger partial charge in [-0.05, 0) is 38.6 Å². The lowest BCUT2D eigenvalue weighted by Crippen LogP contribution is -2.49. The lowest BCUT2D eigenvalue weighted by atomic mass is 9.96. The van der Waals surface area contributed by atoms with Crippen molar-refractivity contribution in [3.8, 4) is 0 Å². The molecule has 0 saturated heterocycles. The van der Waals surface area contributed by atoms with Crippen LogP contribution >= 0.6 is 0 Å². The topological polar surface area (TPSA) is 73.9 Å². The van der Waals surface area contributed by atoms with E-state index in [4.69, 9.17) is 10.9 Å². The van der Waals surface area contributed by atoms with E-state index in [2.05, 4.69) is 35.5 Å². The van der Waals surface area contributed by atoms with Crippen LogP contribution in [-0.4, -0.2) is 42.1 Å². The fourth-order valence-electron chi connectivity index (χ4n) is 3.15. The second kappa shape index (κ2) is 6.91. The van der Waals surface area contributed by atoms with Crippen LogP contribution in [-0.2, 0) is 6.54 Å². The molecule has 4 N–H and O–H groups in total. The molecule has 2 rings (SSSR count). The molecule has 0 spiro atoms. The predicted octanol–water partition coefficient (Wildman–Crippen LogP) is 1.75. The first-order valence-electron chi connectivity index (χ1n) is 7.52. The summed E-state index contributed by atoms with van der Waals surface area (Å²) in [4.78, 5) is 2.36. The average Bonchev–Trinajstić information content (AvgIpc) is 2.97.